The van der Waals surface area contributed by atoms with Crippen LogP contribution in [0.3, 0.4) is 0 Å². The van der Waals surface area contributed by atoms with E-state index < -0.39 is 0 Å². The van der Waals surface area contributed by atoms with Gasteiger partial charge in [-0.25, -0.2) is 14.5 Å². The van der Waals surface area contributed by atoms with Crippen LogP contribution in [0.15, 0.2) is 54.6 Å². The summed E-state index contributed by atoms with van der Waals surface area (Å²) in [5.74, 6) is 21.6. The van der Waals surface area contributed by atoms with E-state index in [0.717, 1.165) is 83.8 Å². The highest BCUT2D eigenvalue weighted by Crippen LogP contribution is 2.38. The van der Waals surface area contributed by atoms with E-state index in [2.05, 4.69) is 170 Å². The molecule has 0 aliphatic carbocycles. The molecule has 0 N–H and O–H groups in total. The van der Waals surface area contributed by atoms with Crippen LogP contribution in [0.25, 0.3) is 14.5 Å². The molecule has 0 aliphatic heterocycles. The first kappa shape index (κ1) is 40.8. The SMILES string of the molecule is [C-]#[N+]c1c(C(C)C)cc(C#Cc2cc(C#Cc3cc(C(C)C)c([N+]#[C-])c(C(C)C)c3)cc(C#Cc3cc(C(C)C)c([N+]#[C-])c(C(C)C)c3)c2)cc1C(C)C. The van der Waals surface area contributed by atoms with Crippen molar-refractivity contribution in [1.82, 2.24) is 0 Å². The van der Waals surface area contributed by atoms with Crippen molar-refractivity contribution in [1.29, 1.82) is 0 Å². The van der Waals surface area contributed by atoms with Gasteiger partial charge in [-0.2, -0.15) is 0 Å². The normalized spacial score (nSPS) is 10.7. The number of hydrogen-bond acceptors (Lipinski definition) is 0. The van der Waals surface area contributed by atoms with E-state index in [1.807, 2.05) is 18.2 Å². The lowest BCUT2D eigenvalue weighted by atomic mass is 9.90. The summed E-state index contributed by atoms with van der Waals surface area (Å²) < 4.78 is 0. The predicted molar refractivity (Wildman–Crippen MR) is 227 cm³/mol. The van der Waals surface area contributed by atoms with Gasteiger partial charge in [-0.05, 0) is 87.1 Å². The van der Waals surface area contributed by atoms with E-state index in [0.29, 0.717) is 0 Å². The molecule has 0 saturated carbocycles. The number of nitrogens with zero attached hydrogens (tertiary/aromatic N) is 3. The molecule has 0 bridgehead atoms. The Bertz CT molecular complexity index is 2020. The van der Waals surface area contributed by atoms with Crippen molar-refractivity contribution in [3.63, 3.8) is 0 Å². The first-order valence-corrected chi connectivity index (χ1v) is 18.9. The fourth-order valence-electron chi connectivity index (χ4n) is 6.56. The molecule has 270 valence electrons. The molecule has 0 aliphatic rings. The molecule has 3 heteroatoms. The van der Waals surface area contributed by atoms with Crippen molar-refractivity contribution in [3.05, 3.63) is 156 Å². The van der Waals surface area contributed by atoms with Gasteiger partial charge in [0.25, 0.3) is 0 Å². The summed E-state index contributed by atoms with van der Waals surface area (Å²) in [7, 11) is 0. The van der Waals surface area contributed by atoms with Gasteiger partial charge in [-0.3, -0.25) is 0 Å². The van der Waals surface area contributed by atoms with Gasteiger partial charge in [0.05, 0.1) is 19.7 Å². The second-order valence-electron chi connectivity index (χ2n) is 15.8. The molecule has 0 unspecified atom stereocenters. The molecule has 4 aromatic rings. The quantitative estimate of drug-likeness (QED) is 0.140. The van der Waals surface area contributed by atoms with E-state index in [1.165, 1.54) is 0 Å². The van der Waals surface area contributed by atoms with E-state index >= 15 is 0 Å². The summed E-state index contributed by atoms with van der Waals surface area (Å²) in [6.07, 6.45) is 0. The van der Waals surface area contributed by atoms with Crippen molar-refractivity contribution in [3.8, 4) is 35.5 Å². The second kappa shape index (κ2) is 17.7. The van der Waals surface area contributed by atoms with Crippen LogP contribution in [0.4, 0.5) is 17.1 Å². The van der Waals surface area contributed by atoms with Gasteiger partial charge in [0.1, 0.15) is 0 Å². The minimum atomic E-state index is 0.196. The Hall–Kier alpha value is -5.97. The van der Waals surface area contributed by atoms with E-state index in [1.54, 1.807) is 0 Å². The Kier molecular flexibility index (Phi) is 13.4. The highest BCUT2D eigenvalue weighted by atomic mass is 14.7. The lowest BCUT2D eigenvalue weighted by Crippen LogP contribution is -1.97. The number of benzene rings is 4. The Labute approximate surface area is 325 Å². The Morgan fingerprint density at radius 2 is 0.444 bits per heavy atom. The maximum Gasteiger partial charge on any atom is 0.194 e. The molecule has 0 spiro atoms. The minimum absolute atomic E-state index is 0.196. The van der Waals surface area contributed by atoms with Crippen LogP contribution in [0.2, 0.25) is 0 Å². The summed E-state index contributed by atoms with van der Waals surface area (Å²) in [6.45, 7) is 49.0. The molecule has 0 amide bonds. The second-order valence-corrected chi connectivity index (χ2v) is 15.8. The standard InChI is InChI=1S/C51H51N3/c1-31(2)43-25-40(26-44(32(3)4)49(43)52-13)19-16-37-22-38(17-20-41-27-45(33(5)6)50(53-14)46(28-41)34(7)8)24-39(23-37)18-21-42-29-47(35(9)10)51(54-15)48(30-42)36(11)12/h22-36H,1-12H3. The third kappa shape index (κ3) is 9.52. The largest absolute Gasteiger partial charge is 0.238 e. The number of hydrogen-bond donors (Lipinski definition) is 0. The average Bonchev–Trinajstić information content (AvgIpc) is 3.13. The predicted octanol–water partition coefficient (Wildman–Crippen LogP) is 14.3. The fourth-order valence-corrected chi connectivity index (χ4v) is 6.56. The van der Waals surface area contributed by atoms with Crippen molar-refractivity contribution < 1.29 is 0 Å². The zero-order valence-corrected chi connectivity index (χ0v) is 34.0. The number of rotatable bonds is 6. The molecule has 0 saturated heterocycles. The Morgan fingerprint density at radius 1 is 0.296 bits per heavy atom. The van der Waals surface area contributed by atoms with Crippen LogP contribution >= 0.6 is 0 Å². The van der Waals surface area contributed by atoms with Crippen LogP contribution in [0, 0.1) is 55.2 Å². The molecule has 0 aromatic heterocycles. The highest BCUT2D eigenvalue weighted by molar-refractivity contribution is 5.67. The van der Waals surface area contributed by atoms with Gasteiger partial charge < -0.3 is 0 Å². The van der Waals surface area contributed by atoms with Crippen molar-refractivity contribution in [2.45, 2.75) is 119 Å². The smallest absolute Gasteiger partial charge is 0.194 e. The summed E-state index contributed by atoms with van der Waals surface area (Å²) in [5.41, 5.74) is 13.3. The lowest BCUT2D eigenvalue weighted by Gasteiger charge is -2.16. The molecule has 0 fully saturated rings. The Balaban J connectivity index is 1.94. The van der Waals surface area contributed by atoms with Crippen molar-refractivity contribution >= 4 is 17.1 Å². The van der Waals surface area contributed by atoms with Crippen LogP contribution in [0.1, 0.15) is 185 Å². The Morgan fingerprint density at radius 3 is 0.574 bits per heavy atom. The molecule has 4 aromatic carbocycles. The molecule has 0 radical (unpaired) electrons. The van der Waals surface area contributed by atoms with Crippen LogP contribution in [0.5, 0.6) is 0 Å². The molecular formula is C51H51N3. The molecule has 54 heavy (non-hydrogen) atoms. The minimum Gasteiger partial charge on any atom is -0.238 e. The van der Waals surface area contributed by atoms with Gasteiger partial charge in [0.2, 0.25) is 0 Å². The third-order valence-electron chi connectivity index (χ3n) is 9.56. The van der Waals surface area contributed by atoms with Crippen LogP contribution < -0.4 is 0 Å². The van der Waals surface area contributed by atoms with Gasteiger partial charge in [0.15, 0.2) is 17.1 Å². The lowest BCUT2D eigenvalue weighted by molar-refractivity contribution is 0.840. The van der Waals surface area contributed by atoms with Gasteiger partial charge >= 0.3 is 0 Å². The molecule has 0 atom stereocenters. The van der Waals surface area contributed by atoms with Gasteiger partial charge in [0, 0.05) is 33.4 Å². The molecule has 0 heterocycles. The van der Waals surface area contributed by atoms with E-state index in [9.17, 15) is 0 Å². The maximum atomic E-state index is 7.88. The van der Waals surface area contributed by atoms with E-state index in [4.69, 9.17) is 19.7 Å². The molecular weight excluding hydrogens is 655 g/mol. The van der Waals surface area contributed by atoms with Gasteiger partial charge in [-0.1, -0.05) is 155 Å². The maximum absolute atomic E-state index is 7.88. The summed E-state index contributed by atoms with van der Waals surface area (Å²) in [4.78, 5) is 11.7. The summed E-state index contributed by atoms with van der Waals surface area (Å²) in [6, 6.07) is 18.3. The van der Waals surface area contributed by atoms with Crippen molar-refractivity contribution in [2.75, 3.05) is 0 Å². The van der Waals surface area contributed by atoms with Crippen LogP contribution in [-0.4, -0.2) is 0 Å². The summed E-state index contributed by atoms with van der Waals surface area (Å²) in [5, 5.41) is 0. The first-order valence-electron chi connectivity index (χ1n) is 18.9. The van der Waals surface area contributed by atoms with Crippen LogP contribution in [-0.2, 0) is 0 Å². The topological polar surface area (TPSA) is 13.1 Å². The summed E-state index contributed by atoms with van der Waals surface area (Å²) >= 11 is 0. The zero-order valence-electron chi connectivity index (χ0n) is 34.0. The third-order valence-corrected chi connectivity index (χ3v) is 9.56. The highest BCUT2D eigenvalue weighted by Gasteiger charge is 2.18. The molecule has 4 rings (SSSR count). The monoisotopic (exact) mass is 705 g/mol. The molecule has 3 nitrogen and oxygen atoms in total. The van der Waals surface area contributed by atoms with E-state index in [-0.39, 0.29) is 35.5 Å². The van der Waals surface area contributed by atoms with Crippen molar-refractivity contribution in [2.24, 2.45) is 0 Å². The van der Waals surface area contributed by atoms with Gasteiger partial charge in [-0.15, -0.1) is 0 Å². The zero-order chi connectivity index (χ0) is 39.9. The fraction of sp³-hybridized carbons (Fsp3) is 0.353. The first-order chi connectivity index (χ1) is 25.6. The average molecular weight is 706 g/mol.